The summed E-state index contributed by atoms with van der Waals surface area (Å²) >= 11 is 3.70. The average Bonchev–Trinajstić information content (AvgIpc) is 3.49. The Morgan fingerprint density at radius 1 is 1.34 bits per heavy atom. The fraction of sp³-hybridized carbons (Fsp3) is 0.368. The molecule has 154 valence electrons. The molecular weight excluding hydrogens is 525 g/mol. The molecule has 0 aliphatic carbocycles. The molecule has 10 heteroatoms. The van der Waals surface area contributed by atoms with Crippen molar-refractivity contribution in [2.75, 3.05) is 31.2 Å². The Bertz CT molecular complexity index is 971. The fourth-order valence-corrected chi connectivity index (χ4v) is 4.56. The van der Waals surface area contributed by atoms with E-state index in [2.05, 4.69) is 14.9 Å². The fourth-order valence-electron chi connectivity index (χ4n) is 3.05. The third-order valence-corrected chi connectivity index (χ3v) is 6.47. The molecule has 0 saturated carbocycles. The third kappa shape index (κ3) is 5.43. The maximum absolute atomic E-state index is 9.41. The lowest BCUT2D eigenvalue weighted by Gasteiger charge is -2.15. The van der Waals surface area contributed by atoms with Gasteiger partial charge in [0.2, 0.25) is 5.89 Å². The van der Waals surface area contributed by atoms with Crippen molar-refractivity contribution in [2.45, 2.75) is 18.9 Å². The van der Waals surface area contributed by atoms with E-state index in [1.807, 2.05) is 51.7 Å². The summed E-state index contributed by atoms with van der Waals surface area (Å²) in [5, 5.41) is 10.5. The lowest BCUT2D eigenvalue weighted by atomic mass is 10.3. The van der Waals surface area contributed by atoms with Crippen LogP contribution in [0.3, 0.4) is 0 Å². The summed E-state index contributed by atoms with van der Waals surface area (Å²) < 4.78 is 16.8. The first-order chi connectivity index (χ1) is 14.2. The number of aliphatic hydroxyl groups is 1. The predicted octanol–water partition coefficient (Wildman–Crippen LogP) is 4.81. The summed E-state index contributed by atoms with van der Waals surface area (Å²) in [6.45, 7) is 2.34. The van der Waals surface area contributed by atoms with Crippen LogP contribution in [0.5, 0.6) is 5.75 Å². The molecule has 2 aromatic heterocycles. The van der Waals surface area contributed by atoms with Crippen molar-refractivity contribution in [2.24, 2.45) is 0 Å². The van der Waals surface area contributed by atoms with Gasteiger partial charge in [-0.15, -0.1) is 0 Å². The molecule has 0 radical (unpaired) electrons. The van der Waals surface area contributed by atoms with E-state index in [1.54, 1.807) is 17.4 Å². The Labute approximate surface area is 188 Å². The Kier molecular flexibility index (Phi) is 7.29. The van der Waals surface area contributed by atoms with E-state index < -0.39 is 6.10 Å². The molecule has 0 amide bonds. The lowest BCUT2D eigenvalue weighted by Crippen LogP contribution is -2.25. The molecule has 7 nitrogen and oxygen atoms in total. The van der Waals surface area contributed by atoms with E-state index >= 15 is 0 Å². The number of hydrogen-bond acceptors (Lipinski definition) is 9. The van der Waals surface area contributed by atoms with Gasteiger partial charge in [-0.1, -0.05) is 11.3 Å². The van der Waals surface area contributed by atoms with Crippen molar-refractivity contribution in [3.63, 3.8) is 0 Å². The van der Waals surface area contributed by atoms with Gasteiger partial charge in [-0.3, -0.25) is 0 Å². The molecular formula is C19H20IN3O4S2. The second kappa shape index (κ2) is 10.1. The number of rotatable bonds is 9. The summed E-state index contributed by atoms with van der Waals surface area (Å²) in [6.07, 6.45) is 7.75. The minimum absolute atomic E-state index is 0.131. The zero-order valence-electron chi connectivity index (χ0n) is 15.5. The number of nitrogens with zero attached hydrogens (tertiary/aromatic N) is 3. The van der Waals surface area contributed by atoms with Gasteiger partial charge in [0.15, 0.2) is 10.7 Å². The van der Waals surface area contributed by atoms with Crippen molar-refractivity contribution in [1.82, 2.24) is 9.97 Å². The highest BCUT2D eigenvalue weighted by atomic mass is 127. The molecule has 1 aliphatic rings. The number of fused-ring (bicyclic) bond motifs is 1. The highest BCUT2D eigenvalue weighted by Gasteiger charge is 2.15. The number of hydrogen-bond donors (Lipinski definition) is 1. The Balaban J connectivity index is 1.44. The molecule has 1 fully saturated rings. The zero-order chi connectivity index (χ0) is 20.1. The molecule has 0 bridgehead atoms. The summed E-state index contributed by atoms with van der Waals surface area (Å²) in [6, 6.07) is 5.42. The molecule has 1 atom stereocenters. The third-order valence-electron chi connectivity index (χ3n) is 4.46. The largest absolute Gasteiger partial charge is 0.485 e. The van der Waals surface area contributed by atoms with Crippen LogP contribution in [0.2, 0.25) is 0 Å². The van der Waals surface area contributed by atoms with Crippen molar-refractivity contribution in [3.05, 3.63) is 35.2 Å². The van der Waals surface area contributed by atoms with E-state index in [-0.39, 0.29) is 6.61 Å². The number of ether oxygens (including phenoxy) is 1. The van der Waals surface area contributed by atoms with Crippen LogP contribution in [0.25, 0.3) is 23.3 Å². The minimum Gasteiger partial charge on any atom is -0.485 e. The van der Waals surface area contributed by atoms with E-state index in [1.165, 1.54) is 22.1 Å². The maximum Gasteiger partial charge on any atom is 0.220 e. The number of aliphatic hydroxyl groups excluding tert-OH is 1. The summed E-state index contributed by atoms with van der Waals surface area (Å²) in [4.78, 5) is 12.4. The number of oxazole rings is 1. The minimum atomic E-state index is -0.437. The molecule has 0 spiro atoms. The molecule has 1 aromatic carbocycles. The molecule has 3 heterocycles. The van der Waals surface area contributed by atoms with Gasteiger partial charge in [0.05, 0.1) is 15.8 Å². The van der Waals surface area contributed by atoms with Gasteiger partial charge in [0.25, 0.3) is 0 Å². The number of aromatic nitrogens is 2. The van der Waals surface area contributed by atoms with Crippen LogP contribution < -0.4 is 9.64 Å². The number of thiazole rings is 1. The highest BCUT2D eigenvalue weighted by molar-refractivity contribution is 14.2. The molecule has 3 aromatic rings. The normalized spacial score (nSPS) is 15.6. The van der Waals surface area contributed by atoms with Crippen molar-refractivity contribution in [1.29, 1.82) is 0 Å². The zero-order valence-corrected chi connectivity index (χ0v) is 19.3. The van der Waals surface area contributed by atoms with Crippen LogP contribution >= 0.6 is 41.8 Å². The van der Waals surface area contributed by atoms with E-state index in [9.17, 15) is 5.11 Å². The Morgan fingerprint density at radius 2 is 2.21 bits per heavy atom. The van der Waals surface area contributed by atoms with Crippen LogP contribution in [0.4, 0.5) is 5.13 Å². The first kappa shape index (κ1) is 20.9. The molecule has 29 heavy (non-hydrogen) atoms. The Hall–Kier alpha value is -1.34. The van der Waals surface area contributed by atoms with Gasteiger partial charge in [-0.2, -0.15) is 0 Å². The number of halogens is 1. The highest BCUT2D eigenvalue weighted by Crippen LogP contribution is 2.28. The SMILES string of the molecule is OCC(COSI)Oc1ccc2nc(/C=C/c3cnc(N4CCCC4)s3)oc2c1. The molecule has 1 saturated heterocycles. The number of anilines is 1. The smallest absolute Gasteiger partial charge is 0.220 e. The first-order valence-electron chi connectivity index (χ1n) is 9.22. The van der Waals surface area contributed by atoms with E-state index in [0.29, 0.717) is 23.8 Å². The monoisotopic (exact) mass is 545 g/mol. The van der Waals surface area contributed by atoms with Crippen LogP contribution in [0.15, 0.2) is 28.8 Å². The van der Waals surface area contributed by atoms with E-state index in [0.717, 1.165) is 28.6 Å². The topological polar surface area (TPSA) is 80.8 Å². The van der Waals surface area contributed by atoms with Crippen molar-refractivity contribution < 1.29 is 18.4 Å². The van der Waals surface area contributed by atoms with Gasteiger partial charge < -0.3 is 23.3 Å². The van der Waals surface area contributed by atoms with E-state index in [4.69, 9.17) is 13.3 Å². The predicted molar refractivity (Wildman–Crippen MR) is 126 cm³/mol. The standard InChI is InChI=1S/C19H20IN3O4S2/c20-29-25-12-14(11-24)26-13-3-5-16-17(9-13)27-18(22-16)6-4-15-10-21-19(28-15)23-7-1-2-8-23/h3-6,9-10,14,24H,1-2,7-8,11-12H2/b6-4+. The average molecular weight is 545 g/mol. The van der Waals surface area contributed by atoms with Crippen LogP contribution in [-0.4, -0.2) is 47.5 Å². The second-order valence-corrected chi connectivity index (χ2v) is 9.01. The second-order valence-electron chi connectivity index (χ2n) is 6.52. The van der Waals surface area contributed by atoms with Crippen LogP contribution in [0, 0.1) is 0 Å². The van der Waals surface area contributed by atoms with Gasteiger partial charge in [0, 0.05) is 57.5 Å². The van der Waals surface area contributed by atoms with Gasteiger partial charge in [-0.25, -0.2) is 9.97 Å². The van der Waals surface area contributed by atoms with Crippen LogP contribution in [-0.2, 0) is 4.18 Å². The molecule has 1 N–H and O–H groups in total. The van der Waals surface area contributed by atoms with Gasteiger partial charge in [-0.05, 0) is 31.1 Å². The maximum atomic E-state index is 9.41. The summed E-state index contributed by atoms with van der Waals surface area (Å²) in [5.41, 5.74) is 1.38. The quantitative estimate of drug-likeness (QED) is 0.303. The lowest BCUT2D eigenvalue weighted by molar-refractivity contribution is 0.0799. The number of benzene rings is 1. The van der Waals surface area contributed by atoms with Gasteiger partial charge in [0.1, 0.15) is 24.0 Å². The first-order valence-corrected chi connectivity index (χ1v) is 13.3. The van der Waals surface area contributed by atoms with Crippen LogP contribution in [0.1, 0.15) is 23.6 Å². The molecule has 1 aliphatic heterocycles. The van der Waals surface area contributed by atoms with Crippen molar-refractivity contribution in [3.8, 4) is 5.75 Å². The summed E-state index contributed by atoms with van der Waals surface area (Å²) in [5.74, 6) is 1.12. The van der Waals surface area contributed by atoms with Crippen molar-refractivity contribution >= 4 is 70.1 Å². The Morgan fingerprint density at radius 3 is 3.00 bits per heavy atom. The summed E-state index contributed by atoms with van der Waals surface area (Å²) in [7, 11) is 1.21. The van der Waals surface area contributed by atoms with Gasteiger partial charge >= 0.3 is 0 Å². The molecule has 4 rings (SSSR count). The molecule has 1 unspecified atom stereocenters.